The maximum atomic E-state index is 12.5. The fourth-order valence-corrected chi connectivity index (χ4v) is 4.43. The van der Waals surface area contributed by atoms with E-state index < -0.39 is 9.84 Å². The van der Waals surface area contributed by atoms with Crippen molar-refractivity contribution in [3.63, 3.8) is 0 Å². The summed E-state index contributed by atoms with van der Waals surface area (Å²) in [6.07, 6.45) is 1.93. The van der Waals surface area contributed by atoms with Gasteiger partial charge in [0, 0.05) is 0 Å². The van der Waals surface area contributed by atoms with Gasteiger partial charge in [-0.05, 0) is 51.3 Å². The minimum absolute atomic E-state index is 0.165. The molecule has 1 heterocycles. The number of hydrogen-bond acceptors (Lipinski definition) is 3. The SMILES string of the molecule is Cc1ccc(CS(=O)(=O)C(C)C2CCNCC2)cc1. The van der Waals surface area contributed by atoms with Crippen LogP contribution in [-0.4, -0.2) is 26.8 Å². The Bertz CT molecular complexity index is 501. The second-order valence-corrected chi connectivity index (χ2v) is 7.94. The second-order valence-electron chi connectivity index (χ2n) is 5.59. The summed E-state index contributed by atoms with van der Waals surface area (Å²) in [6.45, 7) is 5.76. The average molecular weight is 281 g/mol. The Balaban J connectivity index is 2.06. The van der Waals surface area contributed by atoms with Crippen LogP contribution in [0.25, 0.3) is 0 Å². The van der Waals surface area contributed by atoms with Crippen LogP contribution >= 0.6 is 0 Å². The second kappa shape index (κ2) is 6.06. The Morgan fingerprint density at radius 3 is 2.37 bits per heavy atom. The van der Waals surface area contributed by atoms with Crippen molar-refractivity contribution < 1.29 is 8.42 Å². The summed E-state index contributed by atoms with van der Waals surface area (Å²) in [5.41, 5.74) is 2.05. The summed E-state index contributed by atoms with van der Waals surface area (Å²) < 4.78 is 24.9. The van der Waals surface area contributed by atoms with E-state index in [1.165, 1.54) is 0 Å². The van der Waals surface area contributed by atoms with Crippen molar-refractivity contribution in [3.05, 3.63) is 35.4 Å². The first-order valence-electron chi connectivity index (χ1n) is 6.97. The number of sulfone groups is 1. The number of hydrogen-bond donors (Lipinski definition) is 1. The fourth-order valence-electron chi connectivity index (χ4n) is 2.65. The molecule has 1 N–H and O–H groups in total. The highest BCUT2D eigenvalue weighted by Crippen LogP contribution is 2.24. The van der Waals surface area contributed by atoms with E-state index in [-0.39, 0.29) is 11.0 Å². The number of aryl methyl sites for hydroxylation is 1. The van der Waals surface area contributed by atoms with Gasteiger partial charge in [-0.25, -0.2) is 8.42 Å². The van der Waals surface area contributed by atoms with Gasteiger partial charge in [0.25, 0.3) is 0 Å². The number of nitrogens with one attached hydrogen (secondary N) is 1. The monoisotopic (exact) mass is 281 g/mol. The normalized spacial score (nSPS) is 19.3. The van der Waals surface area contributed by atoms with Gasteiger partial charge in [0.05, 0.1) is 11.0 Å². The molecule has 1 aromatic rings. The average Bonchev–Trinajstić information content (AvgIpc) is 2.41. The number of rotatable bonds is 4. The van der Waals surface area contributed by atoms with Crippen molar-refractivity contribution in [2.24, 2.45) is 5.92 Å². The van der Waals surface area contributed by atoms with Crippen molar-refractivity contribution >= 4 is 9.84 Å². The molecule has 4 heteroatoms. The molecule has 0 bridgehead atoms. The molecule has 1 aliphatic rings. The largest absolute Gasteiger partial charge is 0.317 e. The van der Waals surface area contributed by atoms with Gasteiger partial charge >= 0.3 is 0 Å². The van der Waals surface area contributed by atoms with Crippen molar-refractivity contribution in [2.75, 3.05) is 13.1 Å². The van der Waals surface area contributed by atoms with E-state index in [0.717, 1.165) is 37.1 Å². The quantitative estimate of drug-likeness (QED) is 0.921. The predicted octanol–water partition coefficient (Wildman–Crippen LogP) is 2.30. The lowest BCUT2D eigenvalue weighted by atomic mass is 9.95. The first kappa shape index (κ1) is 14.5. The van der Waals surface area contributed by atoms with Gasteiger partial charge < -0.3 is 5.32 Å². The molecule has 1 aliphatic heterocycles. The standard InChI is InChI=1S/C15H23NO2S/c1-12-3-5-14(6-4-12)11-19(17,18)13(2)15-7-9-16-10-8-15/h3-6,13,15-16H,7-11H2,1-2H3. The Hall–Kier alpha value is -0.870. The minimum Gasteiger partial charge on any atom is -0.317 e. The zero-order chi connectivity index (χ0) is 13.9. The number of piperidine rings is 1. The third kappa shape index (κ3) is 3.80. The molecule has 3 nitrogen and oxygen atoms in total. The molecular formula is C15H23NO2S. The summed E-state index contributed by atoms with van der Waals surface area (Å²) in [6, 6.07) is 7.78. The molecule has 0 amide bonds. The van der Waals surface area contributed by atoms with Crippen LogP contribution in [0.2, 0.25) is 0 Å². The molecule has 1 aromatic carbocycles. The molecule has 106 valence electrons. The molecule has 1 saturated heterocycles. The van der Waals surface area contributed by atoms with E-state index >= 15 is 0 Å². The third-order valence-electron chi connectivity index (χ3n) is 4.10. The van der Waals surface area contributed by atoms with Gasteiger partial charge in [-0.1, -0.05) is 29.8 Å². The molecule has 1 fully saturated rings. The van der Waals surface area contributed by atoms with Crippen molar-refractivity contribution in [2.45, 2.75) is 37.7 Å². The summed E-state index contributed by atoms with van der Waals surface area (Å²) in [4.78, 5) is 0. The van der Waals surface area contributed by atoms with E-state index in [1.807, 2.05) is 38.1 Å². The van der Waals surface area contributed by atoms with Crippen LogP contribution in [0.1, 0.15) is 30.9 Å². The van der Waals surface area contributed by atoms with E-state index in [0.29, 0.717) is 5.92 Å². The molecule has 0 aromatic heterocycles. The van der Waals surface area contributed by atoms with Crippen LogP contribution in [0.15, 0.2) is 24.3 Å². The summed E-state index contributed by atoms with van der Waals surface area (Å²) in [7, 11) is -3.05. The molecular weight excluding hydrogens is 258 g/mol. The lowest BCUT2D eigenvalue weighted by Gasteiger charge is -2.28. The smallest absolute Gasteiger partial charge is 0.157 e. The van der Waals surface area contributed by atoms with Crippen LogP contribution in [-0.2, 0) is 15.6 Å². The molecule has 0 saturated carbocycles. The summed E-state index contributed by atoms with van der Waals surface area (Å²) >= 11 is 0. The van der Waals surface area contributed by atoms with Gasteiger partial charge in [-0.2, -0.15) is 0 Å². The van der Waals surface area contributed by atoms with Crippen LogP contribution in [0.5, 0.6) is 0 Å². The zero-order valence-electron chi connectivity index (χ0n) is 11.7. The zero-order valence-corrected chi connectivity index (χ0v) is 12.5. The van der Waals surface area contributed by atoms with Crippen LogP contribution in [0.3, 0.4) is 0 Å². The molecule has 2 rings (SSSR count). The third-order valence-corrected chi connectivity index (χ3v) is 6.36. The molecule has 19 heavy (non-hydrogen) atoms. The lowest BCUT2D eigenvalue weighted by molar-refractivity contribution is 0.363. The molecule has 1 unspecified atom stereocenters. The van der Waals surface area contributed by atoms with Crippen LogP contribution in [0.4, 0.5) is 0 Å². The van der Waals surface area contributed by atoms with Crippen molar-refractivity contribution in [1.82, 2.24) is 5.32 Å². The maximum Gasteiger partial charge on any atom is 0.157 e. The van der Waals surface area contributed by atoms with E-state index in [2.05, 4.69) is 5.32 Å². The number of benzene rings is 1. The molecule has 0 aliphatic carbocycles. The van der Waals surface area contributed by atoms with Crippen LogP contribution < -0.4 is 5.32 Å². The predicted molar refractivity (Wildman–Crippen MR) is 78.9 cm³/mol. The first-order valence-corrected chi connectivity index (χ1v) is 8.68. The minimum atomic E-state index is -3.05. The molecule has 0 radical (unpaired) electrons. The Morgan fingerprint density at radius 2 is 1.79 bits per heavy atom. The van der Waals surface area contributed by atoms with Gasteiger partial charge in [0.15, 0.2) is 9.84 Å². The van der Waals surface area contributed by atoms with Gasteiger partial charge in [-0.3, -0.25) is 0 Å². The molecule has 0 spiro atoms. The van der Waals surface area contributed by atoms with Gasteiger partial charge in [0.1, 0.15) is 0 Å². The fraction of sp³-hybridized carbons (Fsp3) is 0.600. The summed E-state index contributed by atoms with van der Waals surface area (Å²) in [5.74, 6) is 0.468. The van der Waals surface area contributed by atoms with Crippen molar-refractivity contribution in [1.29, 1.82) is 0 Å². The Kier molecular flexibility index (Phi) is 4.63. The van der Waals surface area contributed by atoms with Gasteiger partial charge in [-0.15, -0.1) is 0 Å². The highest BCUT2D eigenvalue weighted by molar-refractivity contribution is 7.91. The topological polar surface area (TPSA) is 46.2 Å². The van der Waals surface area contributed by atoms with Gasteiger partial charge in [0.2, 0.25) is 0 Å². The van der Waals surface area contributed by atoms with E-state index in [4.69, 9.17) is 0 Å². The van der Waals surface area contributed by atoms with E-state index in [9.17, 15) is 8.42 Å². The maximum absolute atomic E-state index is 12.5. The Labute approximate surface area is 116 Å². The van der Waals surface area contributed by atoms with E-state index in [1.54, 1.807) is 0 Å². The highest BCUT2D eigenvalue weighted by atomic mass is 32.2. The molecule has 1 atom stereocenters. The first-order chi connectivity index (χ1) is 8.99. The Morgan fingerprint density at radius 1 is 1.21 bits per heavy atom. The van der Waals surface area contributed by atoms with Crippen molar-refractivity contribution in [3.8, 4) is 0 Å². The van der Waals surface area contributed by atoms with Crippen LogP contribution in [0, 0.1) is 12.8 Å². The lowest BCUT2D eigenvalue weighted by Crippen LogP contribution is -2.36. The highest BCUT2D eigenvalue weighted by Gasteiger charge is 2.30. The summed E-state index contributed by atoms with van der Waals surface area (Å²) in [5, 5.41) is 3.04.